The fourth-order valence-electron chi connectivity index (χ4n) is 1.32. The molecule has 1 heterocycles. The predicted molar refractivity (Wildman–Crippen MR) is 58.6 cm³/mol. The van der Waals surface area contributed by atoms with Crippen molar-refractivity contribution in [2.75, 3.05) is 5.32 Å². The number of anilines is 2. The van der Waals surface area contributed by atoms with Gasteiger partial charge in [-0.1, -0.05) is 0 Å². The van der Waals surface area contributed by atoms with Crippen LogP contribution in [0.3, 0.4) is 0 Å². The quantitative estimate of drug-likeness (QED) is 0.889. The largest absolute Gasteiger partial charge is 0.335 e. The van der Waals surface area contributed by atoms with Gasteiger partial charge < -0.3 is 5.32 Å². The van der Waals surface area contributed by atoms with E-state index in [1.807, 2.05) is 6.07 Å². The van der Waals surface area contributed by atoms with Gasteiger partial charge in [0, 0.05) is 18.3 Å². The summed E-state index contributed by atoms with van der Waals surface area (Å²) in [7, 11) is 0. The van der Waals surface area contributed by atoms with Crippen LogP contribution in [0.4, 0.5) is 24.7 Å². The Morgan fingerprint density at radius 3 is 2.28 bits per heavy atom. The third-order valence-corrected chi connectivity index (χ3v) is 2.15. The van der Waals surface area contributed by atoms with Gasteiger partial charge in [0.25, 0.3) is 0 Å². The third kappa shape index (κ3) is 2.40. The Labute approximate surface area is 101 Å². The van der Waals surface area contributed by atoms with Crippen molar-refractivity contribution in [2.24, 2.45) is 0 Å². The molecule has 0 aliphatic rings. The zero-order chi connectivity index (χ0) is 13.1. The Hall–Kier alpha value is -2.55. The second-order valence-corrected chi connectivity index (χ2v) is 3.41. The van der Waals surface area contributed by atoms with Gasteiger partial charge in [-0.25, -0.2) is 18.2 Å². The first-order valence-corrected chi connectivity index (χ1v) is 4.88. The number of halogens is 3. The molecule has 3 nitrogen and oxygen atoms in total. The van der Waals surface area contributed by atoms with Crippen LogP contribution in [-0.4, -0.2) is 4.98 Å². The Bertz CT molecular complexity index is 594. The summed E-state index contributed by atoms with van der Waals surface area (Å²) in [6, 6.07) is 5.82. The third-order valence-electron chi connectivity index (χ3n) is 2.15. The summed E-state index contributed by atoms with van der Waals surface area (Å²) in [5.41, 5.74) is -0.172. The maximum absolute atomic E-state index is 13.3. The molecule has 0 saturated carbocycles. The van der Waals surface area contributed by atoms with Gasteiger partial charge in [-0.15, -0.1) is 0 Å². The van der Waals surface area contributed by atoms with Gasteiger partial charge in [0.15, 0.2) is 11.6 Å². The first-order chi connectivity index (χ1) is 8.60. The van der Waals surface area contributed by atoms with E-state index in [4.69, 9.17) is 5.26 Å². The number of nitriles is 1. The van der Waals surface area contributed by atoms with Gasteiger partial charge in [0.2, 0.25) is 0 Å². The van der Waals surface area contributed by atoms with Gasteiger partial charge in [-0.3, -0.25) is 0 Å². The molecule has 18 heavy (non-hydrogen) atoms. The molecule has 1 aromatic heterocycles. The number of nitrogens with zero attached hydrogens (tertiary/aromatic N) is 2. The average Bonchev–Trinajstić information content (AvgIpc) is 2.34. The minimum atomic E-state index is -1.06. The van der Waals surface area contributed by atoms with Crippen molar-refractivity contribution < 1.29 is 13.2 Å². The Morgan fingerprint density at radius 1 is 1.11 bits per heavy atom. The highest BCUT2D eigenvalue weighted by Gasteiger charge is 2.11. The van der Waals surface area contributed by atoms with Crippen molar-refractivity contribution in [1.29, 1.82) is 5.26 Å². The van der Waals surface area contributed by atoms with Crippen LogP contribution in [0.5, 0.6) is 0 Å². The van der Waals surface area contributed by atoms with Crippen LogP contribution < -0.4 is 5.32 Å². The number of benzene rings is 1. The SMILES string of the molecule is N#Cc1ccc(Nc2c(F)cc(F)cc2F)nc1. The van der Waals surface area contributed by atoms with Crippen molar-refractivity contribution in [3.63, 3.8) is 0 Å². The number of hydrogen-bond acceptors (Lipinski definition) is 3. The van der Waals surface area contributed by atoms with Gasteiger partial charge in [0.05, 0.1) is 5.56 Å². The van der Waals surface area contributed by atoms with E-state index in [1.165, 1.54) is 18.3 Å². The molecule has 6 heteroatoms. The lowest BCUT2D eigenvalue weighted by atomic mass is 10.2. The molecule has 2 rings (SSSR count). The van der Waals surface area contributed by atoms with Crippen LogP contribution in [0.15, 0.2) is 30.5 Å². The average molecular weight is 249 g/mol. The summed E-state index contributed by atoms with van der Waals surface area (Å²) in [6.45, 7) is 0. The number of pyridine rings is 1. The van der Waals surface area contributed by atoms with E-state index in [-0.39, 0.29) is 5.82 Å². The molecule has 0 amide bonds. The summed E-state index contributed by atoms with van der Waals surface area (Å²) in [6.07, 6.45) is 1.25. The molecule has 0 aliphatic heterocycles. The minimum absolute atomic E-state index is 0.151. The minimum Gasteiger partial charge on any atom is -0.335 e. The Morgan fingerprint density at radius 2 is 1.78 bits per heavy atom. The first-order valence-electron chi connectivity index (χ1n) is 4.88. The number of nitrogens with one attached hydrogen (secondary N) is 1. The molecule has 90 valence electrons. The highest BCUT2D eigenvalue weighted by Crippen LogP contribution is 2.23. The van der Waals surface area contributed by atoms with E-state index >= 15 is 0 Å². The Balaban J connectivity index is 2.31. The maximum atomic E-state index is 13.3. The van der Waals surface area contributed by atoms with E-state index in [0.717, 1.165) is 0 Å². The van der Waals surface area contributed by atoms with E-state index in [2.05, 4.69) is 10.3 Å². The maximum Gasteiger partial charge on any atom is 0.152 e. The molecule has 1 N–H and O–H groups in total. The summed E-state index contributed by atoms with van der Waals surface area (Å²) in [5, 5.41) is 10.9. The zero-order valence-corrected chi connectivity index (χ0v) is 8.92. The first kappa shape index (κ1) is 11.9. The molecule has 0 bridgehead atoms. The van der Waals surface area contributed by atoms with E-state index in [0.29, 0.717) is 17.7 Å². The molecule has 0 aliphatic carbocycles. The van der Waals surface area contributed by atoms with Crippen LogP contribution >= 0.6 is 0 Å². The summed E-state index contributed by atoms with van der Waals surface area (Å²) in [4.78, 5) is 3.79. The molecule has 2 aromatic rings. The summed E-state index contributed by atoms with van der Waals surface area (Å²) < 4.78 is 39.3. The second kappa shape index (κ2) is 4.75. The van der Waals surface area contributed by atoms with Gasteiger partial charge >= 0.3 is 0 Å². The summed E-state index contributed by atoms with van der Waals surface area (Å²) >= 11 is 0. The molecule has 1 aromatic carbocycles. The highest BCUT2D eigenvalue weighted by atomic mass is 19.1. The number of aromatic nitrogens is 1. The van der Waals surface area contributed by atoms with Crippen LogP contribution in [0.2, 0.25) is 0 Å². The van der Waals surface area contributed by atoms with Crippen molar-refractivity contribution in [1.82, 2.24) is 4.98 Å². The van der Waals surface area contributed by atoms with Crippen molar-refractivity contribution >= 4 is 11.5 Å². The smallest absolute Gasteiger partial charge is 0.152 e. The molecule has 0 spiro atoms. The predicted octanol–water partition coefficient (Wildman–Crippen LogP) is 3.11. The normalized spacial score (nSPS) is 9.89. The van der Waals surface area contributed by atoms with E-state index in [1.54, 1.807) is 0 Å². The van der Waals surface area contributed by atoms with Crippen LogP contribution in [-0.2, 0) is 0 Å². The molecule has 0 atom stereocenters. The second-order valence-electron chi connectivity index (χ2n) is 3.41. The monoisotopic (exact) mass is 249 g/mol. The molecule has 0 unspecified atom stereocenters. The van der Waals surface area contributed by atoms with Crippen molar-refractivity contribution in [3.8, 4) is 6.07 Å². The lowest BCUT2D eigenvalue weighted by molar-refractivity contribution is 0.549. The molecular formula is C12H6F3N3. The highest BCUT2D eigenvalue weighted by molar-refractivity contribution is 5.58. The lowest BCUT2D eigenvalue weighted by Crippen LogP contribution is -2.00. The summed E-state index contributed by atoms with van der Waals surface area (Å²) in [5.74, 6) is -2.96. The molecular weight excluding hydrogens is 243 g/mol. The topological polar surface area (TPSA) is 48.7 Å². The lowest BCUT2D eigenvalue weighted by Gasteiger charge is -2.07. The standard InChI is InChI=1S/C12H6F3N3/c13-8-3-9(14)12(10(15)4-8)18-11-2-1-7(5-16)6-17-11/h1-4,6H,(H,17,18). The van der Waals surface area contributed by atoms with Gasteiger partial charge in [-0.05, 0) is 12.1 Å². The number of hydrogen-bond donors (Lipinski definition) is 1. The number of rotatable bonds is 2. The molecule has 0 radical (unpaired) electrons. The van der Waals surface area contributed by atoms with Crippen molar-refractivity contribution in [2.45, 2.75) is 0 Å². The van der Waals surface area contributed by atoms with Crippen LogP contribution in [0.25, 0.3) is 0 Å². The van der Waals surface area contributed by atoms with Gasteiger partial charge in [-0.2, -0.15) is 5.26 Å². The van der Waals surface area contributed by atoms with Crippen LogP contribution in [0.1, 0.15) is 5.56 Å². The molecule has 0 saturated heterocycles. The molecule has 0 fully saturated rings. The van der Waals surface area contributed by atoms with E-state index < -0.39 is 23.1 Å². The van der Waals surface area contributed by atoms with Crippen LogP contribution in [0, 0.1) is 28.8 Å². The van der Waals surface area contributed by atoms with Crippen molar-refractivity contribution in [3.05, 3.63) is 53.5 Å². The van der Waals surface area contributed by atoms with E-state index in [9.17, 15) is 13.2 Å². The fraction of sp³-hybridized carbons (Fsp3) is 0. The van der Waals surface area contributed by atoms with Gasteiger partial charge in [0.1, 0.15) is 23.4 Å². The Kier molecular flexibility index (Phi) is 3.15. The zero-order valence-electron chi connectivity index (χ0n) is 8.92. The fourth-order valence-corrected chi connectivity index (χ4v) is 1.32.